The molecule has 0 radical (unpaired) electrons. The normalized spacial score (nSPS) is 21.0. The van der Waals surface area contributed by atoms with Gasteiger partial charge in [0.2, 0.25) is 5.91 Å². The van der Waals surface area contributed by atoms with Crippen LogP contribution in [0.15, 0.2) is 30.3 Å². The minimum Gasteiger partial charge on any atom is -0.383 e. The van der Waals surface area contributed by atoms with Gasteiger partial charge in [0, 0.05) is 26.1 Å². The highest BCUT2D eigenvalue weighted by Crippen LogP contribution is 2.32. The van der Waals surface area contributed by atoms with E-state index in [1.807, 2.05) is 23.1 Å². The molecule has 4 nitrogen and oxygen atoms in total. The Hall–Kier alpha value is -1.39. The maximum absolute atomic E-state index is 12.9. The van der Waals surface area contributed by atoms with Gasteiger partial charge in [-0.1, -0.05) is 36.8 Å². The molecule has 0 unspecified atom stereocenters. The van der Waals surface area contributed by atoms with Gasteiger partial charge in [0.05, 0.1) is 6.61 Å². The minimum atomic E-state index is 0.109. The zero-order chi connectivity index (χ0) is 15.8. The van der Waals surface area contributed by atoms with Crippen molar-refractivity contribution in [2.75, 3.05) is 33.4 Å². The Morgan fingerprint density at radius 1 is 1.27 bits per heavy atom. The van der Waals surface area contributed by atoms with E-state index in [4.69, 9.17) is 10.5 Å². The standard InChI is InChI=1S/C18H28N2O2/c1-22-13-12-20(11-10-15-6-3-2-4-7-15)18(21)17-9-5-8-16(17)14-19/h2-4,6-7,16-17H,5,8-14,19H2,1H3/t16-,17-/m1/s1. The van der Waals surface area contributed by atoms with Crippen LogP contribution < -0.4 is 5.73 Å². The third-order valence-corrected chi connectivity index (χ3v) is 4.67. The van der Waals surface area contributed by atoms with E-state index in [2.05, 4.69) is 12.1 Å². The van der Waals surface area contributed by atoms with Crippen LogP contribution in [0.25, 0.3) is 0 Å². The van der Waals surface area contributed by atoms with E-state index in [0.29, 0.717) is 25.6 Å². The number of carbonyl (C=O) groups is 1. The lowest BCUT2D eigenvalue weighted by atomic mass is 9.94. The molecule has 1 aromatic rings. The minimum absolute atomic E-state index is 0.109. The smallest absolute Gasteiger partial charge is 0.226 e. The second-order valence-electron chi connectivity index (χ2n) is 6.09. The van der Waals surface area contributed by atoms with Crippen LogP contribution >= 0.6 is 0 Å². The molecule has 2 N–H and O–H groups in total. The Labute approximate surface area is 133 Å². The van der Waals surface area contributed by atoms with Crippen LogP contribution in [-0.2, 0) is 16.0 Å². The molecule has 4 heteroatoms. The molecule has 1 fully saturated rings. The van der Waals surface area contributed by atoms with Crippen molar-refractivity contribution in [2.24, 2.45) is 17.6 Å². The second kappa shape index (κ2) is 8.91. The van der Waals surface area contributed by atoms with Gasteiger partial charge in [-0.3, -0.25) is 4.79 Å². The summed E-state index contributed by atoms with van der Waals surface area (Å²) in [7, 11) is 1.68. The van der Waals surface area contributed by atoms with Gasteiger partial charge in [0.25, 0.3) is 0 Å². The first-order valence-corrected chi connectivity index (χ1v) is 8.28. The summed E-state index contributed by atoms with van der Waals surface area (Å²) in [5.41, 5.74) is 7.10. The van der Waals surface area contributed by atoms with Crippen LogP contribution in [0.2, 0.25) is 0 Å². The van der Waals surface area contributed by atoms with Crippen molar-refractivity contribution in [3.63, 3.8) is 0 Å². The summed E-state index contributed by atoms with van der Waals surface area (Å²) in [4.78, 5) is 14.8. The molecule has 22 heavy (non-hydrogen) atoms. The van der Waals surface area contributed by atoms with Crippen LogP contribution in [0.5, 0.6) is 0 Å². The molecule has 2 atom stereocenters. The predicted octanol–water partition coefficient (Wildman–Crippen LogP) is 2.08. The number of carbonyl (C=O) groups excluding carboxylic acids is 1. The van der Waals surface area contributed by atoms with Crippen molar-refractivity contribution in [1.29, 1.82) is 0 Å². The molecule has 1 amide bonds. The zero-order valence-electron chi connectivity index (χ0n) is 13.5. The van der Waals surface area contributed by atoms with Gasteiger partial charge in [0.15, 0.2) is 0 Å². The zero-order valence-corrected chi connectivity index (χ0v) is 13.5. The summed E-state index contributed by atoms with van der Waals surface area (Å²) in [6.45, 7) is 2.61. The number of nitrogens with two attached hydrogens (primary N) is 1. The van der Waals surface area contributed by atoms with Gasteiger partial charge in [-0.2, -0.15) is 0 Å². The largest absolute Gasteiger partial charge is 0.383 e. The predicted molar refractivity (Wildman–Crippen MR) is 88.5 cm³/mol. The van der Waals surface area contributed by atoms with E-state index in [1.54, 1.807) is 7.11 Å². The van der Waals surface area contributed by atoms with E-state index < -0.39 is 0 Å². The van der Waals surface area contributed by atoms with E-state index in [9.17, 15) is 4.79 Å². The average Bonchev–Trinajstić information content (AvgIpc) is 3.04. The van der Waals surface area contributed by atoms with Crippen molar-refractivity contribution < 1.29 is 9.53 Å². The molecular weight excluding hydrogens is 276 g/mol. The average molecular weight is 304 g/mol. The molecule has 0 aliphatic heterocycles. The molecule has 2 rings (SSSR count). The number of ether oxygens (including phenoxy) is 1. The molecule has 0 spiro atoms. The van der Waals surface area contributed by atoms with Crippen LogP contribution in [0, 0.1) is 11.8 Å². The van der Waals surface area contributed by atoms with E-state index in [0.717, 1.165) is 32.2 Å². The number of methoxy groups -OCH3 is 1. The number of nitrogens with zero attached hydrogens (tertiary/aromatic N) is 1. The Balaban J connectivity index is 1.97. The van der Waals surface area contributed by atoms with Crippen molar-refractivity contribution in [3.8, 4) is 0 Å². The van der Waals surface area contributed by atoms with Crippen molar-refractivity contribution in [3.05, 3.63) is 35.9 Å². The van der Waals surface area contributed by atoms with Crippen molar-refractivity contribution >= 4 is 5.91 Å². The van der Waals surface area contributed by atoms with E-state index in [-0.39, 0.29) is 11.8 Å². The van der Waals surface area contributed by atoms with Gasteiger partial charge >= 0.3 is 0 Å². The molecule has 0 bridgehead atoms. The van der Waals surface area contributed by atoms with E-state index in [1.165, 1.54) is 5.56 Å². The molecule has 1 saturated carbocycles. The molecule has 0 heterocycles. The lowest BCUT2D eigenvalue weighted by molar-refractivity contribution is -0.137. The Morgan fingerprint density at radius 3 is 2.73 bits per heavy atom. The lowest BCUT2D eigenvalue weighted by Gasteiger charge is -2.28. The van der Waals surface area contributed by atoms with Crippen LogP contribution in [0.3, 0.4) is 0 Å². The highest BCUT2D eigenvalue weighted by Gasteiger charge is 2.34. The van der Waals surface area contributed by atoms with E-state index >= 15 is 0 Å². The third kappa shape index (κ3) is 4.55. The number of hydrogen-bond acceptors (Lipinski definition) is 3. The molecule has 1 aromatic carbocycles. The highest BCUT2D eigenvalue weighted by molar-refractivity contribution is 5.79. The fourth-order valence-corrected chi connectivity index (χ4v) is 3.32. The summed E-state index contributed by atoms with van der Waals surface area (Å²) >= 11 is 0. The number of rotatable bonds is 8. The number of benzene rings is 1. The summed E-state index contributed by atoms with van der Waals surface area (Å²) in [6.07, 6.45) is 4.07. The number of amides is 1. The fourth-order valence-electron chi connectivity index (χ4n) is 3.32. The topological polar surface area (TPSA) is 55.6 Å². The summed E-state index contributed by atoms with van der Waals surface area (Å²) in [6, 6.07) is 10.3. The monoisotopic (exact) mass is 304 g/mol. The van der Waals surface area contributed by atoms with Gasteiger partial charge in [-0.25, -0.2) is 0 Å². The second-order valence-corrected chi connectivity index (χ2v) is 6.09. The van der Waals surface area contributed by atoms with Crippen LogP contribution in [-0.4, -0.2) is 44.2 Å². The first-order chi connectivity index (χ1) is 10.8. The maximum atomic E-state index is 12.9. The maximum Gasteiger partial charge on any atom is 0.226 e. The van der Waals surface area contributed by atoms with Gasteiger partial charge in [-0.05, 0) is 37.3 Å². The van der Waals surface area contributed by atoms with Gasteiger partial charge in [-0.15, -0.1) is 0 Å². The fraction of sp³-hybridized carbons (Fsp3) is 0.611. The Kier molecular flexibility index (Phi) is 6.87. The lowest BCUT2D eigenvalue weighted by Crippen LogP contribution is -2.41. The Morgan fingerprint density at radius 2 is 2.05 bits per heavy atom. The molecular formula is C18H28N2O2. The van der Waals surface area contributed by atoms with Crippen LogP contribution in [0.1, 0.15) is 24.8 Å². The van der Waals surface area contributed by atoms with Gasteiger partial charge < -0.3 is 15.4 Å². The summed E-state index contributed by atoms with van der Waals surface area (Å²) < 4.78 is 5.17. The molecule has 0 saturated heterocycles. The Bertz CT molecular complexity index is 450. The third-order valence-electron chi connectivity index (χ3n) is 4.67. The van der Waals surface area contributed by atoms with Gasteiger partial charge in [0.1, 0.15) is 0 Å². The molecule has 122 valence electrons. The number of hydrogen-bond donors (Lipinski definition) is 1. The molecule has 0 aromatic heterocycles. The summed E-state index contributed by atoms with van der Waals surface area (Å²) in [5.74, 6) is 0.729. The quantitative estimate of drug-likeness (QED) is 0.800. The highest BCUT2D eigenvalue weighted by atomic mass is 16.5. The molecule has 1 aliphatic rings. The van der Waals surface area contributed by atoms with Crippen LogP contribution in [0.4, 0.5) is 0 Å². The van der Waals surface area contributed by atoms with Crippen molar-refractivity contribution in [2.45, 2.75) is 25.7 Å². The molecule has 1 aliphatic carbocycles. The first kappa shape index (κ1) is 17.0. The SMILES string of the molecule is COCCN(CCc1ccccc1)C(=O)[C@@H]1CCC[C@@H]1CN. The summed E-state index contributed by atoms with van der Waals surface area (Å²) in [5, 5.41) is 0. The van der Waals surface area contributed by atoms with Crippen molar-refractivity contribution in [1.82, 2.24) is 4.90 Å². The first-order valence-electron chi connectivity index (χ1n) is 8.28.